The fraction of sp³-hybridized carbons (Fsp3) is 0.333. The van der Waals surface area contributed by atoms with Crippen LogP contribution < -0.4 is 15.0 Å². The first-order chi connectivity index (χ1) is 11.3. The van der Waals surface area contributed by atoms with Crippen molar-refractivity contribution in [3.63, 3.8) is 0 Å². The van der Waals surface area contributed by atoms with Gasteiger partial charge in [-0.3, -0.25) is 9.78 Å². The molecule has 1 N–H and O–H groups in total. The standard InChI is InChI=1S/C18H21N3O2/c1-23-16-6-4-14(5-7-16)13-20-18(22)17-12-15(8-9-19-17)21-10-2-3-11-21/h4-9,12H,2-3,10-11,13H2,1H3,(H,20,22). The van der Waals surface area contributed by atoms with Crippen LogP contribution in [-0.4, -0.2) is 31.1 Å². The van der Waals surface area contributed by atoms with Crippen molar-refractivity contribution >= 4 is 11.6 Å². The summed E-state index contributed by atoms with van der Waals surface area (Å²) in [4.78, 5) is 18.8. The molecule has 5 heteroatoms. The van der Waals surface area contributed by atoms with Gasteiger partial charge in [0.15, 0.2) is 0 Å². The molecule has 1 aromatic heterocycles. The van der Waals surface area contributed by atoms with E-state index >= 15 is 0 Å². The zero-order valence-corrected chi connectivity index (χ0v) is 13.3. The predicted molar refractivity (Wildman–Crippen MR) is 89.8 cm³/mol. The second-order valence-corrected chi connectivity index (χ2v) is 5.62. The quantitative estimate of drug-likeness (QED) is 0.922. The van der Waals surface area contributed by atoms with E-state index in [9.17, 15) is 4.79 Å². The Hall–Kier alpha value is -2.56. The molecule has 0 radical (unpaired) electrons. The lowest BCUT2D eigenvalue weighted by molar-refractivity contribution is 0.0946. The number of amides is 1. The Kier molecular flexibility index (Phi) is 4.76. The van der Waals surface area contributed by atoms with Crippen molar-refractivity contribution < 1.29 is 9.53 Å². The molecular weight excluding hydrogens is 290 g/mol. The zero-order valence-electron chi connectivity index (χ0n) is 13.3. The third kappa shape index (κ3) is 3.80. The number of aromatic nitrogens is 1. The lowest BCUT2D eigenvalue weighted by atomic mass is 10.2. The van der Waals surface area contributed by atoms with Crippen LogP contribution in [0.1, 0.15) is 28.9 Å². The monoisotopic (exact) mass is 311 g/mol. The second kappa shape index (κ2) is 7.13. The number of hydrogen-bond donors (Lipinski definition) is 1. The van der Waals surface area contributed by atoms with Crippen molar-refractivity contribution in [3.05, 3.63) is 53.9 Å². The van der Waals surface area contributed by atoms with Gasteiger partial charge in [-0.15, -0.1) is 0 Å². The van der Waals surface area contributed by atoms with Crippen molar-refractivity contribution in [2.45, 2.75) is 19.4 Å². The number of carbonyl (C=O) groups is 1. The Morgan fingerprint density at radius 1 is 1.22 bits per heavy atom. The Balaban J connectivity index is 1.62. The number of benzene rings is 1. The SMILES string of the molecule is COc1ccc(CNC(=O)c2cc(N3CCCC3)ccn2)cc1. The van der Waals surface area contributed by atoms with Crippen LogP contribution in [0, 0.1) is 0 Å². The fourth-order valence-corrected chi connectivity index (χ4v) is 2.73. The second-order valence-electron chi connectivity index (χ2n) is 5.62. The van der Waals surface area contributed by atoms with E-state index in [1.165, 1.54) is 12.8 Å². The van der Waals surface area contributed by atoms with Crippen molar-refractivity contribution in [3.8, 4) is 5.75 Å². The molecule has 2 heterocycles. The first-order valence-corrected chi connectivity index (χ1v) is 7.88. The van der Waals surface area contributed by atoms with Gasteiger partial charge in [0.05, 0.1) is 7.11 Å². The minimum absolute atomic E-state index is 0.151. The topological polar surface area (TPSA) is 54.5 Å². The summed E-state index contributed by atoms with van der Waals surface area (Å²) in [5.41, 5.74) is 2.56. The Morgan fingerprint density at radius 2 is 1.96 bits per heavy atom. The highest BCUT2D eigenvalue weighted by atomic mass is 16.5. The summed E-state index contributed by atoms with van der Waals surface area (Å²) >= 11 is 0. The summed E-state index contributed by atoms with van der Waals surface area (Å²) in [5.74, 6) is 0.655. The fourth-order valence-electron chi connectivity index (χ4n) is 2.73. The van der Waals surface area contributed by atoms with Gasteiger partial charge in [-0.25, -0.2) is 0 Å². The number of nitrogens with zero attached hydrogens (tertiary/aromatic N) is 2. The lowest BCUT2D eigenvalue weighted by Gasteiger charge is -2.17. The van der Waals surface area contributed by atoms with Crippen molar-refractivity contribution in [2.75, 3.05) is 25.1 Å². The molecule has 1 fully saturated rings. The molecule has 1 aliphatic heterocycles. The van der Waals surface area contributed by atoms with E-state index in [1.54, 1.807) is 13.3 Å². The van der Waals surface area contributed by atoms with E-state index in [1.807, 2.05) is 36.4 Å². The summed E-state index contributed by atoms with van der Waals surface area (Å²) in [6, 6.07) is 11.5. The maximum Gasteiger partial charge on any atom is 0.270 e. The van der Waals surface area contributed by atoms with Crippen molar-refractivity contribution in [1.29, 1.82) is 0 Å². The molecule has 1 aromatic carbocycles. The van der Waals surface area contributed by atoms with Crippen LogP contribution in [0.5, 0.6) is 5.75 Å². The normalized spacial score (nSPS) is 13.9. The number of rotatable bonds is 5. The molecule has 1 amide bonds. The van der Waals surface area contributed by atoms with Gasteiger partial charge < -0.3 is 15.0 Å². The van der Waals surface area contributed by atoms with Gasteiger partial charge in [0, 0.05) is 31.5 Å². The average Bonchev–Trinajstić information content (AvgIpc) is 3.15. The first-order valence-electron chi connectivity index (χ1n) is 7.88. The van der Waals surface area contributed by atoms with Gasteiger partial charge in [-0.2, -0.15) is 0 Å². The van der Waals surface area contributed by atoms with Crippen LogP contribution in [0.3, 0.4) is 0 Å². The number of anilines is 1. The van der Waals surface area contributed by atoms with E-state index in [4.69, 9.17) is 4.74 Å². The first kappa shape index (κ1) is 15.3. The molecule has 0 unspecified atom stereocenters. The molecule has 23 heavy (non-hydrogen) atoms. The molecule has 3 rings (SSSR count). The van der Waals surface area contributed by atoms with Crippen LogP contribution in [-0.2, 0) is 6.54 Å². The van der Waals surface area contributed by atoms with Crippen molar-refractivity contribution in [2.24, 2.45) is 0 Å². The molecular formula is C18H21N3O2. The summed E-state index contributed by atoms with van der Waals surface area (Å²) in [6.45, 7) is 2.58. The van der Waals surface area contributed by atoms with Gasteiger partial charge in [-0.05, 0) is 42.7 Å². The number of carbonyl (C=O) groups excluding carboxylic acids is 1. The molecule has 5 nitrogen and oxygen atoms in total. The number of methoxy groups -OCH3 is 1. The van der Waals surface area contributed by atoms with Gasteiger partial charge in [0.1, 0.15) is 11.4 Å². The highest BCUT2D eigenvalue weighted by Gasteiger charge is 2.14. The molecule has 120 valence electrons. The maximum atomic E-state index is 12.3. The van der Waals surface area contributed by atoms with E-state index in [-0.39, 0.29) is 5.91 Å². The zero-order chi connectivity index (χ0) is 16.1. The van der Waals surface area contributed by atoms with E-state index in [0.29, 0.717) is 12.2 Å². The highest BCUT2D eigenvalue weighted by Crippen LogP contribution is 2.20. The third-order valence-corrected chi connectivity index (χ3v) is 4.06. The maximum absolute atomic E-state index is 12.3. The summed E-state index contributed by atoms with van der Waals surface area (Å²) < 4.78 is 5.12. The van der Waals surface area contributed by atoms with Crippen LogP contribution in [0.25, 0.3) is 0 Å². The van der Waals surface area contributed by atoms with Gasteiger partial charge >= 0.3 is 0 Å². The molecule has 0 aliphatic carbocycles. The van der Waals surface area contributed by atoms with Crippen LogP contribution >= 0.6 is 0 Å². The molecule has 0 saturated carbocycles. The smallest absolute Gasteiger partial charge is 0.270 e. The average molecular weight is 311 g/mol. The predicted octanol–water partition coefficient (Wildman–Crippen LogP) is 2.62. The number of hydrogen-bond acceptors (Lipinski definition) is 4. The Morgan fingerprint density at radius 3 is 2.65 bits per heavy atom. The molecule has 1 saturated heterocycles. The summed E-state index contributed by atoms with van der Waals surface area (Å²) in [7, 11) is 1.63. The van der Waals surface area contributed by atoms with Crippen LogP contribution in [0.4, 0.5) is 5.69 Å². The van der Waals surface area contributed by atoms with E-state index in [2.05, 4.69) is 15.2 Å². The molecule has 1 aliphatic rings. The number of ether oxygens (including phenoxy) is 1. The van der Waals surface area contributed by atoms with Crippen LogP contribution in [0.15, 0.2) is 42.6 Å². The van der Waals surface area contributed by atoms with E-state index < -0.39 is 0 Å². The molecule has 0 atom stereocenters. The van der Waals surface area contributed by atoms with E-state index in [0.717, 1.165) is 30.1 Å². The van der Waals surface area contributed by atoms with Gasteiger partial charge in [-0.1, -0.05) is 12.1 Å². The Bertz CT molecular complexity index is 664. The van der Waals surface area contributed by atoms with Gasteiger partial charge in [0.25, 0.3) is 5.91 Å². The Labute approximate surface area is 136 Å². The van der Waals surface area contributed by atoms with Crippen molar-refractivity contribution in [1.82, 2.24) is 10.3 Å². The molecule has 2 aromatic rings. The summed E-state index contributed by atoms with van der Waals surface area (Å²) in [6.07, 6.45) is 4.12. The minimum Gasteiger partial charge on any atom is -0.497 e. The largest absolute Gasteiger partial charge is 0.497 e. The summed E-state index contributed by atoms with van der Waals surface area (Å²) in [5, 5.41) is 2.91. The molecule has 0 spiro atoms. The third-order valence-electron chi connectivity index (χ3n) is 4.06. The number of nitrogens with one attached hydrogen (secondary N) is 1. The molecule has 0 bridgehead atoms. The lowest BCUT2D eigenvalue weighted by Crippen LogP contribution is -2.25. The van der Waals surface area contributed by atoms with Gasteiger partial charge in [0.2, 0.25) is 0 Å². The number of pyridine rings is 1. The van der Waals surface area contributed by atoms with Crippen LogP contribution in [0.2, 0.25) is 0 Å². The minimum atomic E-state index is -0.151. The highest BCUT2D eigenvalue weighted by molar-refractivity contribution is 5.93.